The summed E-state index contributed by atoms with van der Waals surface area (Å²) >= 11 is 1.03. The van der Waals surface area contributed by atoms with E-state index < -0.39 is 68.7 Å². The molecule has 0 aliphatic heterocycles. The largest absolute Gasteiger partial charge is 0.469 e. The van der Waals surface area contributed by atoms with E-state index in [0.717, 1.165) is 22.6 Å². The molecule has 0 aliphatic carbocycles. The van der Waals surface area contributed by atoms with E-state index in [0.29, 0.717) is 5.69 Å². The SMILES string of the molecule is COC(=O)CCNc1cccc(C(=O)Cc2c(I)cc(C(F)(C(F)(F)F)C(F)(F)F)cc2C(F)(F)F)c1. The summed E-state index contributed by atoms with van der Waals surface area (Å²) in [4.78, 5) is 23.9. The van der Waals surface area contributed by atoms with E-state index >= 15 is 0 Å². The van der Waals surface area contributed by atoms with Crippen LogP contribution < -0.4 is 5.32 Å². The van der Waals surface area contributed by atoms with Crippen LogP contribution in [-0.2, 0) is 27.8 Å². The van der Waals surface area contributed by atoms with E-state index in [-0.39, 0.29) is 24.6 Å². The number of ketones is 1. The van der Waals surface area contributed by atoms with Crippen LogP contribution in [0.25, 0.3) is 0 Å². The monoisotopic (exact) mass is 659 g/mol. The number of hydrogen-bond acceptors (Lipinski definition) is 4. The summed E-state index contributed by atoms with van der Waals surface area (Å²) in [5, 5.41) is 2.78. The van der Waals surface area contributed by atoms with Gasteiger partial charge in [0.05, 0.1) is 19.1 Å². The van der Waals surface area contributed by atoms with E-state index in [4.69, 9.17) is 0 Å². The first-order valence-corrected chi connectivity index (χ1v) is 11.1. The predicted octanol–water partition coefficient (Wildman–Crippen LogP) is 7.00. The molecule has 0 saturated heterocycles. The van der Waals surface area contributed by atoms with Crippen molar-refractivity contribution in [1.29, 1.82) is 0 Å². The van der Waals surface area contributed by atoms with Crippen molar-refractivity contribution >= 4 is 40.0 Å². The highest BCUT2D eigenvalue weighted by molar-refractivity contribution is 14.1. The molecule has 0 aliphatic rings. The fourth-order valence-electron chi connectivity index (χ4n) is 3.23. The van der Waals surface area contributed by atoms with Gasteiger partial charge in [0.15, 0.2) is 5.78 Å². The molecule has 1 N–H and O–H groups in total. The highest BCUT2D eigenvalue weighted by atomic mass is 127. The Morgan fingerprint density at radius 3 is 2.03 bits per heavy atom. The summed E-state index contributed by atoms with van der Waals surface area (Å²) in [5.41, 5.74) is -11.2. The maximum Gasteiger partial charge on any atom is 0.435 e. The third kappa shape index (κ3) is 6.84. The van der Waals surface area contributed by atoms with Crippen LogP contribution in [0.2, 0.25) is 0 Å². The Bertz CT molecular complexity index is 1140. The summed E-state index contributed by atoms with van der Waals surface area (Å²) in [6.45, 7) is 0.0886. The average molecular weight is 659 g/mol. The van der Waals surface area contributed by atoms with Crippen molar-refractivity contribution in [2.45, 2.75) is 37.0 Å². The van der Waals surface area contributed by atoms with Gasteiger partial charge in [-0.25, -0.2) is 4.39 Å². The Balaban J connectivity index is 2.49. The standard InChI is InChI=1S/C22H16F10INO3/c1-37-18(36)5-6-34-13-4-2-3-11(7-13)17(35)10-14-15(20(24,25)26)8-12(9-16(14)33)19(23,21(27,28)29)22(30,31)32/h2-4,7-9,34H,5-6,10H2,1H3. The number of benzene rings is 2. The molecule has 2 rings (SSSR count). The lowest BCUT2D eigenvalue weighted by Crippen LogP contribution is -2.50. The average Bonchev–Trinajstić information content (AvgIpc) is 2.77. The fraction of sp³-hybridized carbons (Fsp3) is 0.364. The smallest absolute Gasteiger partial charge is 0.435 e. The number of esters is 1. The minimum Gasteiger partial charge on any atom is -0.469 e. The predicted molar refractivity (Wildman–Crippen MR) is 119 cm³/mol. The van der Waals surface area contributed by atoms with Gasteiger partial charge in [0, 0.05) is 33.4 Å². The fourth-order valence-corrected chi connectivity index (χ4v) is 4.05. The molecule has 0 radical (unpaired) electrons. The Labute approximate surface area is 216 Å². The third-order valence-corrected chi connectivity index (χ3v) is 6.05. The zero-order chi connectivity index (χ0) is 28.4. The van der Waals surface area contributed by atoms with E-state index in [1.54, 1.807) is 0 Å². The number of carbonyl (C=O) groups is 2. The second-order valence-electron chi connectivity index (χ2n) is 7.57. The number of carbonyl (C=O) groups excluding carboxylic acids is 2. The molecule has 37 heavy (non-hydrogen) atoms. The number of anilines is 1. The molecule has 2 aromatic rings. The Morgan fingerprint density at radius 1 is 0.919 bits per heavy atom. The van der Waals surface area contributed by atoms with Gasteiger partial charge < -0.3 is 10.1 Å². The minimum atomic E-state index is -6.62. The summed E-state index contributed by atoms with van der Waals surface area (Å²) in [5.74, 6) is -1.49. The molecule has 0 unspecified atom stereocenters. The van der Waals surface area contributed by atoms with Crippen molar-refractivity contribution in [3.63, 3.8) is 0 Å². The van der Waals surface area contributed by atoms with E-state index in [2.05, 4.69) is 10.1 Å². The normalized spacial score (nSPS) is 12.9. The number of methoxy groups -OCH3 is 1. The Kier molecular flexibility index (Phi) is 9.13. The first kappa shape index (κ1) is 30.6. The number of nitrogens with one attached hydrogen (secondary N) is 1. The molecular formula is C22H16F10INO3. The van der Waals surface area contributed by atoms with Crippen molar-refractivity contribution in [2.75, 3.05) is 19.0 Å². The molecule has 0 aromatic heterocycles. The van der Waals surface area contributed by atoms with Crippen molar-refractivity contribution < 1.29 is 58.2 Å². The molecule has 15 heteroatoms. The van der Waals surface area contributed by atoms with Crippen molar-refractivity contribution in [2.24, 2.45) is 0 Å². The van der Waals surface area contributed by atoms with Gasteiger partial charge in [-0.2, -0.15) is 39.5 Å². The molecule has 0 atom stereocenters. The number of hydrogen-bond donors (Lipinski definition) is 1. The van der Waals surface area contributed by atoms with Crippen LogP contribution in [0, 0.1) is 3.57 Å². The quantitative estimate of drug-likeness (QED) is 0.144. The van der Waals surface area contributed by atoms with Crippen molar-refractivity contribution in [1.82, 2.24) is 0 Å². The van der Waals surface area contributed by atoms with Crippen LogP contribution in [0.4, 0.5) is 49.6 Å². The van der Waals surface area contributed by atoms with Crippen LogP contribution >= 0.6 is 22.6 Å². The molecule has 4 nitrogen and oxygen atoms in total. The summed E-state index contributed by atoms with van der Waals surface area (Å²) in [6, 6.07) is 4.70. The summed E-state index contributed by atoms with van der Waals surface area (Å²) in [6.07, 6.45) is -19.8. The maximum atomic E-state index is 14.4. The van der Waals surface area contributed by atoms with Gasteiger partial charge in [0.1, 0.15) is 0 Å². The Hall–Kier alpha value is -2.59. The number of Topliss-reactive ketones (excluding diaryl/α,β-unsaturated/α-hetero) is 1. The van der Waals surface area contributed by atoms with Gasteiger partial charge in [-0.05, 0) is 52.4 Å². The summed E-state index contributed by atoms with van der Waals surface area (Å²) in [7, 11) is 1.17. The maximum absolute atomic E-state index is 14.4. The second-order valence-corrected chi connectivity index (χ2v) is 8.73. The lowest BCUT2D eigenvalue weighted by atomic mass is 9.89. The highest BCUT2D eigenvalue weighted by Gasteiger charge is 2.73. The van der Waals surface area contributed by atoms with Crippen LogP contribution in [0.5, 0.6) is 0 Å². The van der Waals surface area contributed by atoms with Crippen LogP contribution in [0.1, 0.15) is 33.5 Å². The molecule has 0 heterocycles. The molecule has 0 fully saturated rings. The molecule has 0 spiro atoms. The first-order valence-electron chi connectivity index (χ1n) is 9.99. The van der Waals surface area contributed by atoms with E-state index in [1.165, 1.54) is 31.4 Å². The molecule has 0 bridgehead atoms. The van der Waals surface area contributed by atoms with Crippen molar-refractivity contribution in [3.8, 4) is 0 Å². The van der Waals surface area contributed by atoms with Crippen LogP contribution in [0.3, 0.4) is 0 Å². The van der Waals surface area contributed by atoms with Crippen LogP contribution in [0.15, 0.2) is 36.4 Å². The second kappa shape index (κ2) is 11.0. The molecule has 0 amide bonds. The molecule has 204 valence electrons. The zero-order valence-electron chi connectivity index (χ0n) is 18.5. The number of rotatable bonds is 8. The van der Waals surface area contributed by atoms with E-state index in [9.17, 15) is 53.5 Å². The first-order chi connectivity index (χ1) is 16.8. The van der Waals surface area contributed by atoms with Gasteiger partial charge in [0.25, 0.3) is 0 Å². The van der Waals surface area contributed by atoms with Gasteiger partial charge >= 0.3 is 30.2 Å². The lowest BCUT2D eigenvalue weighted by Gasteiger charge is -2.31. The minimum absolute atomic E-state index is 0.00974. The Morgan fingerprint density at radius 2 is 1.51 bits per heavy atom. The number of halogens is 11. The topological polar surface area (TPSA) is 55.4 Å². The molecule has 2 aromatic carbocycles. The van der Waals surface area contributed by atoms with Gasteiger partial charge in [-0.15, -0.1) is 0 Å². The lowest BCUT2D eigenvalue weighted by molar-refractivity contribution is -0.348. The van der Waals surface area contributed by atoms with Gasteiger partial charge in [-0.1, -0.05) is 12.1 Å². The summed E-state index contributed by atoms with van der Waals surface area (Å²) < 4.78 is 138. The number of alkyl halides is 10. The van der Waals surface area contributed by atoms with E-state index in [1.807, 2.05) is 0 Å². The highest BCUT2D eigenvalue weighted by Crippen LogP contribution is 2.54. The molecule has 0 saturated carbocycles. The molecular weight excluding hydrogens is 643 g/mol. The third-order valence-electron chi connectivity index (χ3n) is 5.09. The van der Waals surface area contributed by atoms with Crippen LogP contribution in [-0.4, -0.2) is 37.8 Å². The van der Waals surface area contributed by atoms with Gasteiger partial charge in [0.2, 0.25) is 0 Å². The van der Waals surface area contributed by atoms with Crippen molar-refractivity contribution in [3.05, 3.63) is 62.2 Å². The van der Waals surface area contributed by atoms with Gasteiger partial charge in [-0.3, -0.25) is 9.59 Å². The number of ether oxygens (including phenoxy) is 1. The zero-order valence-corrected chi connectivity index (χ0v) is 20.6.